The van der Waals surface area contributed by atoms with Gasteiger partial charge in [0, 0.05) is 12.1 Å². The number of amides is 1. The zero-order valence-corrected chi connectivity index (χ0v) is 12.7. The van der Waals surface area contributed by atoms with Crippen LogP contribution < -0.4 is 11.1 Å². The van der Waals surface area contributed by atoms with Crippen molar-refractivity contribution in [2.45, 2.75) is 38.6 Å². The van der Waals surface area contributed by atoms with Gasteiger partial charge >= 0.3 is 5.97 Å². The molecule has 0 aliphatic carbocycles. The largest absolute Gasteiger partial charge is 0.480 e. The maximum atomic E-state index is 11.7. The Labute approximate surface area is 129 Å². The highest BCUT2D eigenvalue weighted by atomic mass is 16.4. The molecule has 0 spiro atoms. The summed E-state index contributed by atoms with van der Waals surface area (Å²) in [4.78, 5) is 33.4. The highest BCUT2D eigenvalue weighted by Gasteiger charge is 2.10. The van der Waals surface area contributed by atoms with Crippen molar-refractivity contribution in [3.05, 3.63) is 35.4 Å². The summed E-state index contributed by atoms with van der Waals surface area (Å²) < 4.78 is 0. The van der Waals surface area contributed by atoms with Gasteiger partial charge in [-0.25, -0.2) is 0 Å². The average Bonchev–Trinajstić information content (AvgIpc) is 2.47. The molecule has 0 heterocycles. The van der Waals surface area contributed by atoms with E-state index in [0.717, 1.165) is 5.56 Å². The van der Waals surface area contributed by atoms with Crippen molar-refractivity contribution < 1.29 is 19.5 Å². The summed E-state index contributed by atoms with van der Waals surface area (Å²) in [6, 6.07) is 6.11. The molecule has 1 amide bonds. The van der Waals surface area contributed by atoms with Crippen LogP contribution in [0.5, 0.6) is 0 Å². The average molecular weight is 306 g/mol. The summed E-state index contributed by atoms with van der Waals surface area (Å²) in [5.74, 6) is -1.10. The van der Waals surface area contributed by atoms with Crippen LogP contribution in [0, 0.1) is 0 Å². The number of unbranched alkanes of at least 4 members (excludes halogenated alkanes) is 1. The molecular formula is C16H22N2O4. The summed E-state index contributed by atoms with van der Waals surface area (Å²) in [7, 11) is 0. The Balaban J connectivity index is 2.23. The Morgan fingerprint density at radius 1 is 1.18 bits per heavy atom. The van der Waals surface area contributed by atoms with Crippen molar-refractivity contribution in [1.82, 2.24) is 5.32 Å². The second-order valence-electron chi connectivity index (χ2n) is 5.22. The lowest BCUT2D eigenvalue weighted by Gasteiger charge is -2.07. The maximum absolute atomic E-state index is 11.7. The van der Waals surface area contributed by atoms with Gasteiger partial charge in [0.1, 0.15) is 6.04 Å². The van der Waals surface area contributed by atoms with Gasteiger partial charge in [0.05, 0.1) is 6.42 Å². The van der Waals surface area contributed by atoms with Gasteiger partial charge < -0.3 is 16.2 Å². The van der Waals surface area contributed by atoms with Crippen LogP contribution >= 0.6 is 0 Å². The second-order valence-corrected chi connectivity index (χ2v) is 5.22. The number of benzene rings is 1. The minimum absolute atomic E-state index is 0.00410. The topological polar surface area (TPSA) is 109 Å². The Hall–Kier alpha value is -2.21. The van der Waals surface area contributed by atoms with Gasteiger partial charge in [-0.15, -0.1) is 0 Å². The molecule has 22 heavy (non-hydrogen) atoms. The number of carbonyl (C=O) groups excluding carboxylic acids is 2. The highest BCUT2D eigenvalue weighted by molar-refractivity contribution is 5.94. The van der Waals surface area contributed by atoms with Gasteiger partial charge in [0.25, 0.3) is 0 Å². The van der Waals surface area contributed by atoms with E-state index in [1.807, 2.05) is 0 Å². The zero-order chi connectivity index (χ0) is 16.5. The maximum Gasteiger partial charge on any atom is 0.320 e. The number of nitrogens with one attached hydrogen (secondary N) is 1. The molecule has 0 bridgehead atoms. The van der Waals surface area contributed by atoms with Crippen molar-refractivity contribution >= 4 is 17.7 Å². The van der Waals surface area contributed by atoms with E-state index in [2.05, 4.69) is 5.32 Å². The molecule has 0 fully saturated rings. The number of rotatable bonds is 9. The number of aliphatic carboxylic acids is 1. The molecule has 0 saturated carbocycles. The Morgan fingerprint density at radius 2 is 1.82 bits per heavy atom. The molecule has 0 radical (unpaired) electrons. The van der Waals surface area contributed by atoms with Gasteiger partial charge in [-0.3, -0.25) is 14.4 Å². The van der Waals surface area contributed by atoms with Crippen LogP contribution in [-0.4, -0.2) is 35.4 Å². The van der Waals surface area contributed by atoms with Crippen LogP contribution in [0.1, 0.15) is 42.1 Å². The number of hydrogen-bond acceptors (Lipinski definition) is 4. The molecule has 1 aromatic carbocycles. The number of Topliss-reactive ketones (excluding diaryl/α,β-unsaturated/α-hetero) is 1. The van der Waals surface area contributed by atoms with E-state index in [9.17, 15) is 14.4 Å². The van der Waals surface area contributed by atoms with E-state index in [1.165, 1.54) is 6.92 Å². The minimum Gasteiger partial charge on any atom is -0.480 e. The summed E-state index contributed by atoms with van der Waals surface area (Å²) in [5.41, 5.74) is 6.85. The van der Waals surface area contributed by atoms with Gasteiger partial charge in [-0.2, -0.15) is 0 Å². The van der Waals surface area contributed by atoms with E-state index in [0.29, 0.717) is 31.4 Å². The monoisotopic (exact) mass is 306 g/mol. The number of carbonyl (C=O) groups is 3. The third-order valence-corrected chi connectivity index (χ3v) is 3.31. The van der Waals surface area contributed by atoms with Crippen molar-refractivity contribution in [3.8, 4) is 0 Å². The molecule has 6 heteroatoms. The van der Waals surface area contributed by atoms with Crippen molar-refractivity contribution in [1.29, 1.82) is 0 Å². The molecule has 0 aliphatic heterocycles. The molecule has 0 aromatic heterocycles. The van der Waals surface area contributed by atoms with E-state index < -0.39 is 12.0 Å². The van der Waals surface area contributed by atoms with Crippen molar-refractivity contribution in [2.75, 3.05) is 6.54 Å². The quantitative estimate of drug-likeness (QED) is 0.468. The van der Waals surface area contributed by atoms with Crippen molar-refractivity contribution in [2.24, 2.45) is 5.73 Å². The summed E-state index contributed by atoms with van der Waals surface area (Å²) in [6.07, 6.45) is 2.00. The van der Waals surface area contributed by atoms with Gasteiger partial charge in [0.2, 0.25) is 5.91 Å². The predicted octanol–water partition coefficient (Wildman–Crippen LogP) is 1.13. The van der Waals surface area contributed by atoms with E-state index in [4.69, 9.17) is 10.8 Å². The number of nitrogens with two attached hydrogens (primary N) is 1. The first-order chi connectivity index (χ1) is 10.4. The lowest BCUT2D eigenvalue weighted by atomic mass is 10.1. The molecule has 120 valence electrons. The SMILES string of the molecule is CC(=O)c1ccc(CC(=O)NCCCC[C@H](N)C(=O)O)cc1. The molecule has 0 aliphatic rings. The standard InChI is InChI=1S/C16H22N2O4/c1-11(19)13-7-5-12(6-8-13)10-15(20)18-9-3-2-4-14(17)16(21)22/h5-8,14H,2-4,9-10,17H2,1H3,(H,18,20)(H,21,22)/t14-/m0/s1. The Bertz CT molecular complexity index is 525. The minimum atomic E-state index is -1.00. The first-order valence-corrected chi connectivity index (χ1v) is 7.25. The van der Waals surface area contributed by atoms with E-state index in [-0.39, 0.29) is 18.1 Å². The van der Waals surface area contributed by atoms with Crippen LogP contribution in [0.4, 0.5) is 0 Å². The van der Waals surface area contributed by atoms with Gasteiger partial charge in [0.15, 0.2) is 5.78 Å². The predicted molar refractivity (Wildman–Crippen MR) is 82.6 cm³/mol. The number of carboxylic acids is 1. The molecule has 1 rings (SSSR count). The smallest absolute Gasteiger partial charge is 0.320 e. The van der Waals surface area contributed by atoms with E-state index >= 15 is 0 Å². The number of ketones is 1. The molecule has 0 saturated heterocycles. The summed E-state index contributed by atoms with van der Waals surface area (Å²) in [5, 5.41) is 11.4. The summed E-state index contributed by atoms with van der Waals surface area (Å²) >= 11 is 0. The second kappa shape index (κ2) is 8.94. The Kier molecular flexibility index (Phi) is 7.25. The molecular weight excluding hydrogens is 284 g/mol. The lowest BCUT2D eigenvalue weighted by molar-refractivity contribution is -0.138. The van der Waals surface area contributed by atoms with E-state index in [1.54, 1.807) is 24.3 Å². The van der Waals surface area contributed by atoms with Crippen LogP contribution in [-0.2, 0) is 16.0 Å². The normalized spacial score (nSPS) is 11.7. The zero-order valence-electron chi connectivity index (χ0n) is 12.7. The number of hydrogen-bond donors (Lipinski definition) is 3. The van der Waals surface area contributed by atoms with Crippen molar-refractivity contribution in [3.63, 3.8) is 0 Å². The first kappa shape index (κ1) is 17.8. The fourth-order valence-corrected chi connectivity index (χ4v) is 1.95. The Morgan fingerprint density at radius 3 is 2.36 bits per heavy atom. The molecule has 4 N–H and O–H groups in total. The fraction of sp³-hybridized carbons (Fsp3) is 0.438. The molecule has 1 aromatic rings. The fourth-order valence-electron chi connectivity index (χ4n) is 1.95. The first-order valence-electron chi connectivity index (χ1n) is 7.25. The van der Waals surface area contributed by atoms with Crippen LogP contribution in [0.2, 0.25) is 0 Å². The van der Waals surface area contributed by atoms with Crippen LogP contribution in [0.25, 0.3) is 0 Å². The molecule has 6 nitrogen and oxygen atoms in total. The lowest BCUT2D eigenvalue weighted by Crippen LogP contribution is -2.30. The molecule has 0 unspecified atom stereocenters. The van der Waals surface area contributed by atoms with Crippen LogP contribution in [0.3, 0.4) is 0 Å². The molecule has 1 atom stereocenters. The number of carboxylic acid groups (broad SMARTS) is 1. The third-order valence-electron chi connectivity index (χ3n) is 3.31. The van der Waals surface area contributed by atoms with Gasteiger partial charge in [-0.1, -0.05) is 24.3 Å². The third kappa shape index (κ3) is 6.49. The van der Waals surface area contributed by atoms with Gasteiger partial charge in [-0.05, 0) is 31.7 Å². The summed E-state index contributed by atoms with van der Waals surface area (Å²) in [6.45, 7) is 1.99. The highest BCUT2D eigenvalue weighted by Crippen LogP contribution is 2.06. The van der Waals surface area contributed by atoms with Crippen LogP contribution in [0.15, 0.2) is 24.3 Å².